The fourth-order valence-electron chi connectivity index (χ4n) is 3.24. The molecule has 2 rings (SSSR count). The van der Waals surface area contributed by atoms with Crippen LogP contribution in [0, 0.1) is 5.92 Å². The van der Waals surface area contributed by atoms with Gasteiger partial charge in [0.25, 0.3) is 0 Å². The zero-order valence-electron chi connectivity index (χ0n) is 10.9. The lowest BCUT2D eigenvalue weighted by atomic mass is 9.88. The van der Waals surface area contributed by atoms with Crippen molar-refractivity contribution in [3.63, 3.8) is 0 Å². The molecule has 1 saturated heterocycles. The van der Waals surface area contributed by atoms with E-state index in [1.54, 1.807) is 0 Å². The van der Waals surface area contributed by atoms with Crippen LogP contribution in [0.3, 0.4) is 0 Å². The van der Waals surface area contributed by atoms with Gasteiger partial charge in [0.1, 0.15) is 0 Å². The number of hydrogen-bond acceptors (Lipinski definition) is 4. The molecule has 3 N–H and O–H groups in total. The molecule has 2 aliphatic rings. The number of aliphatic hydroxyl groups is 1. The normalized spacial score (nSPS) is 39.7. The Morgan fingerprint density at radius 1 is 1.53 bits per heavy atom. The van der Waals surface area contributed by atoms with Crippen LogP contribution < -0.4 is 5.73 Å². The molecule has 17 heavy (non-hydrogen) atoms. The summed E-state index contributed by atoms with van der Waals surface area (Å²) in [5.41, 5.74) is 5.12. The smallest absolute Gasteiger partial charge is 0.0797 e. The third kappa shape index (κ3) is 3.19. The standard InChI is InChI=1S/C13H26N2O2/c1-11-9-15(7-8-17-11)6-4-12-3-2-5-13(12,16)10-14/h11-12,16H,2-10,14H2,1H3. The lowest BCUT2D eigenvalue weighted by Gasteiger charge is -2.34. The van der Waals surface area contributed by atoms with Crippen molar-refractivity contribution < 1.29 is 9.84 Å². The van der Waals surface area contributed by atoms with E-state index in [0.29, 0.717) is 18.6 Å². The van der Waals surface area contributed by atoms with Crippen molar-refractivity contribution >= 4 is 0 Å². The Balaban J connectivity index is 1.77. The Morgan fingerprint density at radius 3 is 3.06 bits per heavy atom. The first kappa shape index (κ1) is 13.3. The maximum atomic E-state index is 10.4. The largest absolute Gasteiger partial charge is 0.388 e. The first-order chi connectivity index (χ1) is 8.14. The molecule has 1 aliphatic heterocycles. The highest BCUT2D eigenvalue weighted by Gasteiger charge is 2.39. The molecule has 1 aliphatic carbocycles. The quantitative estimate of drug-likeness (QED) is 0.757. The summed E-state index contributed by atoms with van der Waals surface area (Å²) < 4.78 is 5.53. The SMILES string of the molecule is CC1CN(CCC2CCCC2(O)CN)CCO1. The van der Waals surface area contributed by atoms with Crippen molar-refractivity contribution in [1.29, 1.82) is 0 Å². The number of nitrogens with zero attached hydrogens (tertiary/aromatic N) is 1. The van der Waals surface area contributed by atoms with Crippen LogP contribution in [0.2, 0.25) is 0 Å². The van der Waals surface area contributed by atoms with Gasteiger partial charge in [-0.2, -0.15) is 0 Å². The van der Waals surface area contributed by atoms with Crippen molar-refractivity contribution in [3.8, 4) is 0 Å². The van der Waals surface area contributed by atoms with Gasteiger partial charge in [-0.3, -0.25) is 4.90 Å². The molecule has 3 atom stereocenters. The van der Waals surface area contributed by atoms with Gasteiger partial charge in [-0.05, 0) is 38.6 Å². The molecular formula is C13H26N2O2. The molecule has 4 heteroatoms. The van der Waals surface area contributed by atoms with Gasteiger partial charge < -0.3 is 15.6 Å². The summed E-state index contributed by atoms with van der Waals surface area (Å²) in [6.45, 7) is 6.49. The second kappa shape index (κ2) is 5.65. The molecule has 0 bridgehead atoms. The average Bonchev–Trinajstić information content (AvgIpc) is 2.69. The van der Waals surface area contributed by atoms with Gasteiger partial charge in [0.15, 0.2) is 0 Å². The number of hydrogen-bond donors (Lipinski definition) is 2. The zero-order chi connectivity index (χ0) is 12.3. The Morgan fingerprint density at radius 2 is 2.35 bits per heavy atom. The zero-order valence-corrected chi connectivity index (χ0v) is 10.9. The van der Waals surface area contributed by atoms with E-state index in [2.05, 4.69) is 11.8 Å². The second-order valence-electron chi connectivity index (χ2n) is 5.67. The van der Waals surface area contributed by atoms with E-state index in [1.807, 2.05) is 0 Å². The van der Waals surface area contributed by atoms with Crippen molar-refractivity contribution in [2.24, 2.45) is 11.7 Å². The van der Waals surface area contributed by atoms with Gasteiger partial charge in [0.2, 0.25) is 0 Å². The van der Waals surface area contributed by atoms with Gasteiger partial charge in [0, 0.05) is 19.6 Å². The van der Waals surface area contributed by atoms with E-state index >= 15 is 0 Å². The van der Waals surface area contributed by atoms with Gasteiger partial charge in [-0.1, -0.05) is 6.42 Å². The lowest BCUT2D eigenvalue weighted by molar-refractivity contribution is -0.0290. The molecule has 0 aromatic carbocycles. The topological polar surface area (TPSA) is 58.7 Å². The highest BCUT2D eigenvalue weighted by Crippen LogP contribution is 2.37. The van der Waals surface area contributed by atoms with Crippen molar-refractivity contribution in [2.75, 3.05) is 32.8 Å². The van der Waals surface area contributed by atoms with E-state index in [9.17, 15) is 5.11 Å². The minimum atomic E-state index is -0.585. The van der Waals surface area contributed by atoms with Crippen molar-refractivity contribution in [2.45, 2.75) is 44.3 Å². The Kier molecular flexibility index (Phi) is 4.42. The maximum absolute atomic E-state index is 10.4. The fraction of sp³-hybridized carbons (Fsp3) is 1.00. The third-order valence-electron chi connectivity index (χ3n) is 4.39. The van der Waals surface area contributed by atoms with Gasteiger partial charge in [-0.25, -0.2) is 0 Å². The minimum Gasteiger partial charge on any atom is -0.388 e. The Bertz CT molecular complexity index is 250. The summed E-state index contributed by atoms with van der Waals surface area (Å²) in [6, 6.07) is 0. The van der Waals surface area contributed by atoms with Gasteiger partial charge in [0.05, 0.1) is 18.3 Å². The van der Waals surface area contributed by atoms with E-state index in [0.717, 1.165) is 51.9 Å². The van der Waals surface area contributed by atoms with E-state index in [-0.39, 0.29) is 0 Å². The van der Waals surface area contributed by atoms with Crippen molar-refractivity contribution in [1.82, 2.24) is 4.90 Å². The molecule has 0 radical (unpaired) electrons. The summed E-state index contributed by atoms with van der Waals surface area (Å²) in [7, 11) is 0. The number of ether oxygens (including phenoxy) is 1. The number of morpholine rings is 1. The molecule has 3 unspecified atom stereocenters. The van der Waals surface area contributed by atoms with Crippen LogP contribution in [-0.4, -0.2) is 54.5 Å². The molecule has 1 heterocycles. The minimum absolute atomic E-state index is 0.348. The van der Waals surface area contributed by atoms with Crippen LogP contribution >= 0.6 is 0 Å². The first-order valence-electron chi connectivity index (χ1n) is 6.90. The van der Waals surface area contributed by atoms with Gasteiger partial charge >= 0.3 is 0 Å². The first-order valence-corrected chi connectivity index (χ1v) is 6.90. The molecule has 0 amide bonds. The lowest BCUT2D eigenvalue weighted by Crippen LogP contribution is -2.45. The van der Waals surface area contributed by atoms with Gasteiger partial charge in [-0.15, -0.1) is 0 Å². The Labute approximate surface area is 104 Å². The third-order valence-corrected chi connectivity index (χ3v) is 4.39. The van der Waals surface area contributed by atoms with Crippen LogP contribution in [0.25, 0.3) is 0 Å². The summed E-state index contributed by atoms with van der Waals surface area (Å²) in [5, 5.41) is 10.4. The molecule has 0 aromatic rings. The van der Waals surface area contributed by atoms with Crippen molar-refractivity contribution in [3.05, 3.63) is 0 Å². The molecule has 0 spiro atoms. The predicted molar refractivity (Wildman–Crippen MR) is 67.8 cm³/mol. The predicted octanol–water partition coefficient (Wildman–Crippen LogP) is 0.587. The summed E-state index contributed by atoms with van der Waals surface area (Å²) in [4.78, 5) is 2.45. The van der Waals surface area contributed by atoms with Crippen LogP contribution in [0.15, 0.2) is 0 Å². The number of nitrogens with two attached hydrogens (primary N) is 1. The van der Waals surface area contributed by atoms with E-state index < -0.39 is 5.60 Å². The molecule has 1 saturated carbocycles. The highest BCUT2D eigenvalue weighted by molar-refractivity contribution is 4.93. The maximum Gasteiger partial charge on any atom is 0.0797 e. The second-order valence-corrected chi connectivity index (χ2v) is 5.67. The van der Waals surface area contributed by atoms with Crippen LogP contribution in [0.1, 0.15) is 32.6 Å². The molecule has 100 valence electrons. The summed E-state index contributed by atoms with van der Waals surface area (Å²) in [5.74, 6) is 0.394. The van der Waals surface area contributed by atoms with Crippen LogP contribution in [0.5, 0.6) is 0 Å². The Hall–Kier alpha value is -0.160. The fourth-order valence-corrected chi connectivity index (χ4v) is 3.24. The molecular weight excluding hydrogens is 216 g/mol. The summed E-state index contributed by atoms with van der Waals surface area (Å²) >= 11 is 0. The van der Waals surface area contributed by atoms with Crippen LogP contribution in [-0.2, 0) is 4.74 Å². The molecule has 4 nitrogen and oxygen atoms in total. The van der Waals surface area contributed by atoms with E-state index in [1.165, 1.54) is 0 Å². The van der Waals surface area contributed by atoms with E-state index in [4.69, 9.17) is 10.5 Å². The number of rotatable bonds is 4. The van der Waals surface area contributed by atoms with Crippen LogP contribution in [0.4, 0.5) is 0 Å². The highest BCUT2D eigenvalue weighted by atomic mass is 16.5. The molecule has 0 aromatic heterocycles. The molecule has 2 fully saturated rings. The monoisotopic (exact) mass is 242 g/mol. The summed E-state index contributed by atoms with van der Waals surface area (Å²) in [6.07, 6.45) is 4.56. The average molecular weight is 242 g/mol.